The molecule has 0 spiro atoms. The number of amides is 1. The Morgan fingerprint density at radius 2 is 2.23 bits per heavy atom. The highest BCUT2D eigenvalue weighted by atomic mass is 16.3. The maximum Gasteiger partial charge on any atom is 0.246 e. The number of nitrogens with two attached hydrogens (primary N) is 1. The highest BCUT2D eigenvalue weighted by molar-refractivity contribution is 5.79. The number of aromatic nitrogens is 2. The molecule has 2 heterocycles. The molecule has 1 amide bonds. The molecule has 4 N–H and O–H groups in total. The summed E-state index contributed by atoms with van der Waals surface area (Å²) in [4.78, 5) is 22.8. The molecule has 2 aromatic rings. The van der Waals surface area contributed by atoms with Crippen molar-refractivity contribution in [2.75, 3.05) is 23.3 Å². The number of aliphatic hydroxyl groups is 1. The van der Waals surface area contributed by atoms with Crippen LogP contribution in [0.5, 0.6) is 0 Å². The van der Waals surface area contributed by atoms with Crippen molar-refractivity contribution in [3.05, 3.63) is 41.1 Å². The molecule has 2 unspecified atom stereocenters. The van der Waals surface area contributed by atoms with Crippen LogP contribution in [0.2, 0.25) is 0 Å². The van der Waals surface area contributed by atoms with Crippen molar-refractivity contribution in [1.29, 1.82) is 5.26 Å². The van der Waals surface area contributed by atoms with Crippen LogP contribution in [0.4, 0.5) is 17.5 Å². The Morgan fingerprint density at radius 1 is 1.43 bits per heavy atom. The molecule has 1 aromatic carbocycles. The van der Waals surface area contributed by atoms with E-state index >= 15 is 0 Å². The van der Waals surface area contributed by atoms with E-state index in [9.17, 15) is 15.2 Å². The van der Waals surface area contributed by atoms with Gasteiger partial charge in [0.1, 0.15) is 11.9 Å². The summed E-state index contributed by atoms with van der Waals surface area (Å²) < 4.78 is 0. The predicted molar refractivity (Wildman–Crippen MR) is 115 cm³/mol. The summed E-state index contributed by atoms with van der Waals surface area (Å²) in [5.41, 5.74) is 8.47. The van der Waals surface area contributed by atoms with E-state index in [2.05, 4.69) is 33.2 Å². The van der Waals surface area contributed by atoms with Crippen LogP contribution in [-0.4, -0.2) is 40.2 Å². The fraction of sp³-hybridized carbons (Fsp3) is 0.455. The first-order valence-electron chi connectivity index (χ1n) is 10.3. The summed E-state index contributed by atoms with van der Waals surface area (Å²) in [6.45, 7) is 5.28. The summed E-state index contributed by atoms with van der Waals surface area (Å²) >= 11 is 0. The average Bonchev–Trinajstić information content (AvgIpc) is 2.74. The number of nitriles is 1. The summed E-state index contributed by atoms with van der Waals surface area (Å²) in [7, 11) is 0. The number of nitrogens with one attached hydrogen (secondary N) is 1. The third kappa shape index (κ3) is 5.05. The molecule has 0 radical (unpaired) electrons. The molecule has 158 valence electrons. The van der Waals surface area contributed by atoms with Gasteiger partial charge in [0.15, 0.2) is 0 Å². The zero-order valence-electron chi connectivity index (χ0n) is 17.4. The zero-order chi connectivity index (χ0) is 21.7. The van der Waals surface area contributed by atoms with E-state index in [0.717, 1.165) is 55.0 Å². The Morgan fingerprint density at radius 3 is 2.93 bits per heavy atom. The number of rotatable bonds is 7. The van der Waals surface area contributed by atoms with Crippen molar-refractivity contribution in [2.45, 2.75) is 45.6 Å². The Bertz CT molecular complexity index is 955. The highest BCUT2D eigenvalue weighted by Crippen LogP contribution is 2.26. The fourth-order valence-corrected chi connectivity index (χ4v) is 3.74. The topological polar surface area (TPSA) is 128 Å². The lowest BCUT2D eigenvalue weighted by atomic mass is 9.92. The number of primary amides is 1. The van der Waals surface area contributed by atoms with Gasteiger partial charge in [0.05, 0.1) is 11.6 Å². The summed E-state index contributed by atoms with van der Waals surface area (Å²) in [5.74, 6) is 0.310. The quantitative estimate of drug-likeness (QED) is 0.642. The molecule has 1 saturated heterocycles. The molecule has 0 saturated carbocycles. The van der Waals surface area contributed by atoms with Gasteiger partial charge in [0.25, 0.3) is 0 Å². The number of anilines is 3. The van der Waals surface area contributed by atoms with Crippen LogP contribution in [-0.2, 0) is 11.2 Å². The van der Waals surface area contributed by atoms with Crippen molar-refractivity contribution < 1.29 is 9.90 Å². The van der Waals surface area contributed by atoms with Crippen LogP contribution in [0.1, 0.15) is 43.0 Å². The van der Waals surface area contributed by atoms with Gasteiger partial charge in [0, 0.05) is 36.5 Å². The molecular formula is C22H28N6O2. The minimum atomic E-state index is -1.15. The van der Waals surface area contributed by atoms with Crippen LogP contribution in [0.3, 0.4) is 0 Å². The van der Waals surface area contributed by atoms with Crippen LogP contribution >= 0.6 is 0 Å². The monoisotopic (exact) mass is 408 g/mol. The van der Waals surface area contributed by atoms with Crippen LogP contribution < -0.4 is 16.0 Å². The lowest BCUT2D eigenvalue weighted by Crippen LogP contribution is -2.45. The van der Waals surface area contributed by atoms with Crippen LogP contribution in [0, 0.1) is 24.2 Å². The van der Waals surface area contributed by atoms with Gasteiger partial charge in [-0.15, -0.1) is 0 Å². The zero-order valence-corrected chi connectivity index (χ0v) is 17.4. The number of aliphatic hydroxyl groups excluding tert-OH is 1. The van der Waals surface area contributed by atoms with Crippen molar-refractivity contribution in [1.82, 2.24) is 9.97 Å². The number of hydrogen-bond donors (Lipinski definition) is 3. The van der Waals surface area contributed by atoms with Gasteiger partial charge in [-0.05, 0) is 43.9 Å². The van der Waals surface area contributed by atoms with E-state index in [1.807, 2.05) is 25.1 Å². The molecule has 3 rings (SSSR count). The smallest absolute Gasteiger partial charge is 0.246 e. The Kier molecular flexibility index (Phi) is 6.85. The first-order valence-corrected chi connectivity index (χ1v) is 10.3. The molecule has 0 bridgehead atoms. The van der Waals surface area contributed by atoms with Crippen LogP contribution in [0.25, 0.3) is 0 Å². The summed E-state index contributed by atoms with van der Waals surface area (Å²) in [5, 5.41) is 22.6. The van der Waals surface area contributed by atoms with Gasteiger partial charge in [0.2, 0.25) is 11.9 Å². The predicted octanol–water partition coefficient (Wildman–Crippen LogP) is 2.42. The first kappa shape index (κ1) is 21.5. The molecule has 1 aliphatic heterocycles. The maximum atomic E-state index is 11.4. The van der Waals surface area contributed by atoms with Crippen LogP contribution in [0.15, 0.2) is 24.3 Å². The number of hydrogen-bond acceptors (Lipinski definition) is 7. The van der Waals surface area contributed by atoms with Gasteiger partial charge in [-0.3, -0.25) is 4.79 Å². The highest BCUT2D eigenvalue weighted by Gasteiger charge is 2.30. The number of carbonyl (C=O) groups excluding carboxylic acids is 1. The summed E-state index contributed by atoms with van der Waals surface area (Å²) in [6.07, 6.45) is 2.19. The number of nitrogens with zero attached hydrogens (tertiary/aromatic N) is 4. The van der Waals surface area contributed by atoms with E-state index in [1.54, 1.807) is 6.07 Å². The molecular weight excluding hydrogens is 380 g/mol. The van der Waals surface area contributed by atoms with Gasteiger partial charge >= 0.3 is 0 Å². The number of benzene rings is 1. The third-order valence-electron chi connectivity index (χ3n) is 5.41. The Labute approximate surface area is 176 Å². The fourth-order valence-electron chi connectivity index (χ4n) is 3.74. The van der Waals surface area contributed by atoms with E-state index in [4.69, 9.17) is 5.73 Å². The number of aryl methyl sites for hydroxylation is 2. The normalized spacial score (nSPS) is 17.3. The van der Waals surface area contributed by atoms with Gasteiger partial charge < -0.3 is 21.1 Å². The van der Waals surface area contributed by atoms with Gasteiger partial charge in [-0.25, -0.2) is 4.98 Å². The van der Waals surface area contributed by atoms with Gasteiger partial charge in [-0.1, -0.05) is 19.4 Å². The molecule has 2 atom stereocenters. The van der Waals surface area contributed by atoms with E-state index in [1.165, 1.54) is 0 Å². The third-order valence-corrected chi connectivity index (χ3v) is 5.41. The largest absolute Gasteiger partial charge is 0.383 e. The molecule has 1 aliphatic rings. The SMILES string of the molecule is CCCc1cc(N2CCCC(C(O)C(N)=O)C2)nc(Nc2ccc(C)c(C#N)c2)n1. The second-order valence-corrected chi connectivity index (χ2v) is 7.75. The molecule has 1 aromatic heterocycles. The molecule has 0 aliphatic carbocycles. The summed E-state index contributed by atoms with van der Waals surface area (Å²) in [6, 6.07) is 9.72. The van der Waals surface area contributed by atoms with Crippen molar-refractivity contribution in [3.63, 3.8) is 0 Å². The lowest BCUT2D eigenvalue weighted by Gasteiger charge is -2.35. The lowest BCUT2D eigenvalue weighted by molar-refractivity contribution is -0.128. The second-order valence-electron chi connectivity index (χ2n) is 7.75. The van der Waals surface area contributed by atoms with Gasteiger partial charge in [-0.2, -0.15) is 10.2 Å². The molecule has 8 nitrogen and oxygen atoms in total. The van der Waals surface area contributed by atoms with E-state index in [-0.39, 0.29) is 5.92 Å². The number of carbonyl (C=O) groups is 1. The first-order chi connectivity index (χ1) is 14.4. The Balaban J connectivity index is 1.87. The minimum absolute atomic E-state index is 0.215. The van der Waals surface area contributed by atoms with E-state index in [0.29, 0.717) is 18.1 Å². The average molecular weight is 409 g/mol. The molecule has 8 heteroatoms. The maximum absolute atomic E-state index is 11.4. The Hall–Kier alpha value is -3.18. The van der Waals surface area contributed by atoms with Crippen molar-refractivity contribution in [3.8, 4) is 6.07 Å². The number of piperidine rings is 1. The van der Waals surface area contributed by atoms with E-state index < -0.39 is 12.0 Å². The standard InChI is InChI=1S/C22H28N6O2/c1-3-5-17-11-19(28-9-4-6-15(13-28)20(29)21(24)30)27-22(25-17)26-18-8-7-14(2)16(10-18)12-23/h7-8,10-11,15,20,29H,3-6,9,13H2,1-2H3,(H2,24,30)(H,25,26,27). The minimum Gasteiger partial charge on any atom is -0.383 e. The second kappa shape index (κ2) is 9.55. The molecule has 30 heavy (non-hydrogen) atoms. The molecule has 1 fully saturated rings. The van der Waals surface area contributed by atoms with Crippen molar-refractivity contribution in [2.24, 2.45) is 11.7 Å². The van der Waals surface area contributed by atoms with Crippen molar-refractivity contribution >= 4 is 23.4 Å².